The molecule has 4 heterocycles. The summed E-state index contributed by atoms with van der Waals surface area (Å²) < 4.78 is 5.31. The second-order valence-corrected chi connectivity index (χ2v) is 6.81. The van der Waals surface area contributed by atoms with Gasteiger partial charge in [0.05, 0.1) is 10.6 Å². The van der Waals surface area contributed by atoms with E-state index in [1.807, 2.05) is 36.6 Å². The molecule has 1 saturated heterocycles. The summed E-state index contributed by atoms with van der Waals surface area (Å²) in [7, 11) is 0. The van der Waals surface area contributed by atoms with Gasteiger partial charge in [-0.05, 0) is 30.5 Å². The van der Waals surface area contributed by atoms with Gasteiger partial charge in [-0.2, -0.15) is 5.10 Å². The lowest BCUT2D eigenvalue weighted by Gasteiger charge is -2.34. The topological polar surface area (TPSA) is 75.4 Å². The fourth-order valence-electron chi connectivity index (χ4n) is 2.77. The molecule has 0 aliphatic carbocycles. The number of carbonyl (C=O) groups is 1. The van der Waals surface area contributed by atoms with Crippen LogP contribution in [0.1, 0.15) is 16.2 Å². The molecular formula is C17H17N5O2S. The number of anilines is 1. The Balaban J connectivity index is 1.40. The molecule has 3 aromatic heterocycles. The Hall–Kier alpha value is -2.74. The molecule has 0 unspecified atom stereocenters. The predicted molar refractivity (Wildman–Crippen MR) is 94.7 cm³/mol. The molecule has 0 spiro atoms. The number of aromatic nitrogens is 3. The van der Waals surface area contributed by atoms with Crippen LogP contribution in [0.15, 0.2) is 40.2 Å². The van der Waals surface area contributed by atoms with Crippen LogP contribution >= 0.6 is 11.3 Å². The van der Waals surface area contributed by atoms with Gasteiger partial charge in [-0.3, -0.25) is 4.79 Å². The summed E-state index contributed by atoms with van der Waals surface area (Å²) in [5.41, 5.74) is 1.25. The second-order valence-electron chi connectivity index (χ2n) is 5.87. The molecule has 1 amide bonds. The summed E-state index contributed by atoms with van der Waals surface area (Å²) in [5.74, 6) is 1.38. The van der Waals surface area contributed by atoms with E-state index in [0.717, 1.165) is 29.5 Å². The normalized spacial score (nSPS) is 14.8. The standard InChI is InChI=1S/C17H17N5O2S/c1-12-4-5-16(19-18-12)21-6-8-22(9-7-21)17(23)13-11-14(24-20-13)15-3-2-10-25-15/h2-5,10-11H,6-9H2,1H3. The van der Waals surface area contributed by atoms with Crippen LogP contribution in [-0.4, -0.2) is 52.3 Å². The molecule has 1 aliphatic heterocycles. The molecule has 128 valence electrons. The highest BCUT2D eigenvalue weighted by molar-refractivity contribution is 7.13. The van der Waals surface area contributed by atoms with Crippen molar-refractivity contribution in [1.29, 1.82) is 0 Å². The van der Waals surface area contributed by atoms with Crippen LogP contribution in [-0.2, 0) is 0 Å². The molecule has 0 N–H and O–H groups in total. The summed E-state index contributed by atoms with van der Waals surface area (Å²) in [6, 6.07) is 9.51. The molecule has 25 heavy (non-hydrogen) atoms. The summed E-state index contributed by atoms with van der Waals surface area (Å²) in [5, 5.41) is 14.2. The smallest absolute Gasteiger partial charge is 0.276 e. The Morgan fingerprint density at radius 1 is 1.16 bits per heavy atom. The number of thiophene rings is 1. The Bertz CT molecular complexity index is 852. The van der Waals surface area contributed by atoms with Gasteiger partial charge < -0.3 is 14.3 Å². The number of piperazine rings is 1. The first-order chi connectivity index (χ1) is 12.2. The number of nitrogens with zero attached hydrogens (tertiary/aromatic N) is 5. The highest BCUT2D eigenvalue weighted by atomic mass is 32.1. The number of rotatable bonds is 3. The van der Waals surface area contributed by atoms with Gasteiger partial charge in [-0.1, -0.05) is 11.2 Å². The highest BCUT2D eigenvalue weighted by Crippen LogP contribution is 2.25. The SMILES string of the molecule is Cc1ccc(N2CCN(C(=O)c3cc(-c4cccs4)on3)CC2)nn1. The minimum absolute atomic E-state index is 0.0961. The second kappa shape index (κ2) is 6.64. The first-order valence-electron chi connectivity index (χ1n) is 8.06. The zero-order valence-electron chi connectivity index (χ0n) is 13.8. The molecule has 0 saturated carbocycles. The van der Waals surface area contributed by atoms with Crippen molar-refractivity contribution in [2.75, 3.05) is 31.1 Å². The van der Waals surface area contributed by atoms with Crippen molar-refractivity contribution in [3.63, 3.8) is 0 Å². The van der Waals surface area contributed by atoms with Crippen molar-refractivity contribution in [3.05, 3.63) is 47.1 Å². The number of carbonyl (C=O) groups excluding carboxylic acids is 1. The molecule has 3 aromatic rings. The quantitative estimate of drug-likeness (QED) is 0.718. The third-order valence-corrected chi connectivity index (χ3v) is 5.05. The van der Waals surface area contributed by atoms with Crippen molar-refractivity contribution in [2.45, 2.75) is 6.92 Å². The minimum atomic E-state index is -0.0961. The van der Waals surface area contributed by atoms with E-state index < -0.39 is 0 Å². The van der Waals surface area contributed by atoms with E-state index in [9.17, 15) is 4.79 Å². The number of amides is 1. The van der Waals surface area contributed by atoms with Crippen molar-refractivity contribution < 1.29 is 9.32 Å². The van der Waals surface area contributed by atoms with Gasteiger partial charge in [-0.25, -0.2) is 0 Å². The van der Waals surface area contributed by atoms with Crippen LogP contribution in [0.5, 0.6) is 0 Å². The number of aryl methyl sites for hydroxylation is 1. The van der Waals surface area contributed by atoms with Crippen LogP contribution in [0, 0.1) is 6.92 Å². The molecule has 8 heteroatoms. The molecule has 0 atom stereocenters. The zero-order chi connectivity index (χ0) is 17.2. The molecule has 7 nitrogen and oxygen atoms in total. The molecule has 0 aromatic carbocycles. The van der Waals surface area contributed by atoms with Crippen LogP contribution < -0.4 is 4.90 Å². The third-order valence-electron chi connectivity index (χ3n) is 4.17. The van der Waals surface area contributed by atoms with Gasteiger partial charge >= 0.3 is 0 Å². The van der Waals surface area contributed by atoms with Crippen LogP contribution in [0.2, 0.25) is 0 Å². The first kappa shape index (κ1) is 15.8. The van der Waals surface area contributed by atoms with Crippen molar-refractivity contribution in [3.8, 4) is 10.6 Å². The first-order valence-corrected chi connectivity index (χ1v) is 8.94. The number of hydrogen-bond donors (Lipinski definition) is 0. The van der Waals surface area contributed by atoms with E-state index in [2.05, 4.69) is 20.3 Å². The van der Waals surface area contributed by atoms with Crippen LogP contribution in [0.3, 0.4) is 0 Å². The molecule has 1 fully saturated rings. The Morgan fingerprint density at radius 2 is 2.00 bits per heavy atom. The van der Waals surface area contributed by atoms with Gasteiger partial charge in [-0.15, -0.1) is 16.4 Å². The lowest BCUT2D eigenvalue weighted by molar-refractivity contribution is 0.0736. The monoisotopic (exact) mass is 355 g/mol. The maximum Gasteiger partial charge on any atom is 0.276 e. The average Bonchev–Trinajstić information content (AvgIpc) is 3.33. The van der Waals surface area contributed by atoms with Gasteiger partial charge in [0.1, 0.15) is 0 Å². The zero-order valence-corrected chi connectivity index (χ0v) is 14.6. The fourth-order valence-corrected chi connectivity index (χ4v) is 3.45. The summed E-state index contributed by atoms with van der Waals surface area (Å²) in [6.07, 6.45) is 0. The Labute approximate surface area is 148 Å². The number of hydrogen-bond acceptors (Lipinski definition) is 7. The predicted octanol–water partition coefficient (Wildman–Crippen LogP) is 2.46. The van der Waals surface area contributed by atoms with E-state index >= 15 is 0 Å². The fraction of sp³-hybridized carbons (Fsp3) is 0.294. The lowest BCUT2D eigenvalue weighted by Crippen LogP contribution is -2.49. The van der Waals surface area contributed by atoms with E-state index in [0.29, 0.717) is 24.5 Å². The minimum Gasteiger partial charge on any atom is -0.355 e. The van der Waals surface area contributed by atoms with E-state index in [1.165, 1.54) is 0 Å². The van der Waals surface area contributed by atoms with Crippen molar-refractivity contribution >= 4 is 23.1 Å². The summed E-state index contributed by atoms with van der Waals surface area (Å²) >= 11 is 1.56. The molecule has 0 radical (unpaired) electrons. The molecular weight excluding hydrogens is 338 g/mol. The third kappa shape index (κ3) is 3.25. The van der Waals surface area contributed by atoms with Crippen LogP contribution in [0.4, 0.5) is 5.82 Å². The average molecular weight is 355 g/mol. The molecule has 1 aliphatic rings. The summed E-state index contributed by atoms with van der Waals surface area (Å²) in [4.78, 5) is 17.5. The van der Waals surface area contributed by atoms with Crippen molar-refractivity contribution in [1.82, 2.24) is 20.3 Å². The molecule has 4 rings (SSSR count). The van der Waals surface area contributed by atoms with E-state index in [-0.39, 0.29) is 5.91 Å². The maximum absolute atomic E-state index is 12.6. The highest BCUT2D eigenvalue weighted by Gasteiger charge is 2.25. The van der Waals surface area contributed by atoms with Gasteiger partial charge in [0, 0.05) is 32.2 Å². The Kier molecular flexibility index (Phi) is 4.19. The molecule has 0 bridgehead atoms. The van der Waals surface area contributed by atoms with E-state index in [4.69, 9.17) is 4.52 Å². The van der Waals surface area contributed by atoms with Gasteiger partial charge in [0.25, 0.3) is 5.91 Å². The maximum atomic E-state index is 12.6. The van der Waals surface area contributed by atoms with E-state index in [1.54, 1.807) is 22.3 Å². The summed E-state index contributed by atoms with van der Waals surface area (Å²) in [6.45, 7) is 4.60. The van der Waals surface area contributed by atoms with Gasteiger partial charge in [0.15, 0.2) is 17.3 Å². The van der Waals surface area contributed by atoms with Crippen LogP contribution in [0.25, 0.3) is 10.6 Å². The van der Waals surface area contributed by atoms with Gasteiger partial charge in [0.2, 0.25) is 0 Å². The largest absolute Gasteiger partial charge is 0.355 e. The van der Waals surface area contributed by atoms with Crippen molar-refractivity contribution in [2.24, 2.45) is 0 Å². The Morgan fingerprint density at radius 3 is 2.68 bits per heavy atom. The lowest BCUT2D eigenvalue weighted by atomic mass is 10.2.